The van der Waals surface area contributed by atoms with E-state index in [0.717, 1.165) is 0 Å². The number of benzene rings is 1. The molecule has 2 rings (SSSR count). The Morgan fingerprint density at radius 1 is 1.56 bits per heavy atom. The maximum absolute atomic E-state index is 13.8. The molecular weight excluding hydrogens is 225 g/mol. The number of halogens is 1. The maximum Gasteiger partial charge on any atom is 0.227 e. The number of thiol groups is 1. The minimum atomic E-state index is -0.296. The fourth-order valence-electron chi connectivity index (χ4n) is 1.98. The van der Waals surface area contributed by atoms with Crippen LogP contribution in [0.5, 0.6) is 0 Å². The zero-order chi connectivity index (χ0) is 11.7. The van der Waals surface area contributed by atoms with Crippen LogP contribution in [0.25, 0.3) is 0 Å². The molecule has 0 bridgehead atoms. The van der Waals surface area contributed by atoms with Crippen molar-refractivity contribution < 1.29 is 9.18 Å². The van der Waals surface area contributed by atoms with E-state index in [1.165, 1.54) is 4.90 Å². The van der Waals surface area contributed by atoms with E-state index < -0.39 is 0 Å². The molecule has 86 valence electrons. The number of amides is 1. The molecule has 1 saturated heterocycles. The molecule has 1 aliphatic rings. The van der Waals surface area contributed by atoms with E-state index in [-0.39, 0.29) is 17.6 Å². The average molecular weight is 239 g/mol. The highest BCUT2D eigenvalue weighted by Gasteiger charge is 2.31. The van der Waals surface area contributed by atoms with Gasteiger partial charge in [-0.25, -0.2) is 4.39 Å². The molecule has 1 heterocycles. The van der Waals surface area contributed by atoms with Crippen LogP contribution in [0.15, 0.2) is 18.2 Å². The van der Waals surface area contributed by atoms with Crippen LogP contribution in [0.1, 0.15) is 12.0 Å². The third kappa shape index (κ3) is 1.94. The fourth-order valence-corrected chi connectivity index (χ4v) is 2.22. The number of carbonyl (C=O) groups excluding carboxylic acids is 1. The van der Waals surface area contributed by atoms with Gasteiger partial charge in [-0.05, 0) is 30.2 Å². The third-order valence-electron chi connectivity index (χ3n) is 2.93. The first kappa shape index (κ1) is 11.5. The van der Waals surface area contributed by atoms with Crippen molar-refractivity contribution in [1.29, 1.82) is 0 Å². The second-order valence-electron chi connectivity index (χ2n) is 4.17. The average Bonchev–Trinajstić information content (AvgIpc) is 2.64. The summed E-state index contributed by atoms with van der Waals surface area (Å²) in [5.41, 5.74) is 0.967. The molecular formula is C12H14FNOS. The molecule has 1 unspecified atom stereocenters. The van der Waals surface area contributed by atoms with Crippen LogP contribution in [-0.2, 0) is 4.79 Å². The Hall–Kier alpha value is -1.03. The molecule has 1 atom stereocenters. The minimum Gasteiger partial charge on any atom is -0.309 e. The van der Waals surface area contributed by atoms with Crippen molar-refractivity contribution in [1.82, 2.24) is 0 Å². The number of nitrogens with zero attached hydrogens (tertiary/aromatic N) is 1. The van der Waals surface area contributed by atoms with Crippen molar-refractivity contribution in [3.8, 4) is 0 Å². The van der Waals surface area contributed by atoms with E-state index in [0.29, 0.717) is 30.0 Å². The Kier molecular flexibility index (Phi) is 3.19. The van der Waals surface area contributed by atoms with Crippen molar-refractivity contribution in [3.63, 3.8) is 0 Å². The van der Waals surface area contributed by atoms with E-state index in [2.05, 4.69) is 12.6 Å². The van der Waals surface area contributed by atoms with Gasteiger partial charge in [-0.2, -0.15) is 12.6 Å². The van der Waals surface area contributed by atoms with Crippen molar-refractivity contribution in [3.05, 3.63) is 29.6 Å². The molecule has 1 aromatic carbocycles. The van der Waals surface area contributed by atoms with Crippen LogP contribution >= 0.6 is 12.6 Å². The Morgan fingerprint density at radius 3 is 2.94 bits per heavy atom. The van der Waals surface area contributed by atoms with E-state index in [9.17, 15) is 9.18 Å². The lowest BCUT2D eigenvalue weighted by atomic mass is 10.1. The number of anilines is 1. The van der Waals surface area contributed by atoms with E-state index in [1.54, 1.807) is 25.1 Å². The van der Waals surface area contributed by atoms with E-state index >= 15 is 0 Å². The van der Waals surface area contributed by atoms with Crippen LogP contribution in [0.2, 0.25) is 0 Å². The SMILES string of the molecule is Cc1cccc(N2CC(CS)CC2=O)c1F. The summed E-state index contributed by atoms with van der Waals surface area (Å²) in [5.74, 6) is 0.588. The number of carbonyl (C=O) groups is 1. The van der Waals surface area contributed by atoms with Gasteiger partial charge in [0.05, 0.1) is 5.69 Å². The van der Waals surface area contributed by atoms with Gasteiger partial charge in [0.2, 0.25) is 5.91 Å². The summed E-state index contributed by atoms with van der Waals surface area (Å²) in [6.07, 6.45) is 0.469. The molecule has 0 radical (unpaired) electrons. The summed E-state index contributed by atoms with van der Waals surface area (Å²) in [5, 5.41) is 0. The monoisotopic (exact) mass is 239 g/mol. The lowest BCUT2D eigenvalue weighted by molar-refractivity contribution is -0.117. The maximum atomic E-state index is 13.8. The van der Waals surface area contributed by atoms with Crippen LogP contribution in [0, 0.1) is 18.7 Å². The highest BCUT2D eigenvalue weighted by Crippen LogP contribution is 2.28. The second-order valence-corrected chi connectivity index (χ2v) is 4.53. The normalized spacial score (nSPS) is 20.6. The number of aryl methyl sites for hydroxylation is 1. The highest BCUT2D eigenvalue weighted by atomic mass is 32.1. The zero-order valence-corrected chi connectivity index (χ0v) is 10.0. The largest absolute Gasteiger partial charge is 0.309 e. The Balaban J connectivity index is 2.31. The molecule has 2 nitrogen and oxygen atoms in total. The van der Waals surface area contributed by atoms with Gasteiger partial charge in [-0.15, -0.1) is 0 Å². The lowest BCUT2D eigenvalue weighted by Crippen LogP contribution is -2.25. The van der Waals surface area contributed by atoms with Gasteiger partial charge in [0.15, 0.2) is 0 Å². The molecule has 1 aliphatic heterocycles. The van der Waals surface area contributed by atoms with Crippen LogP contribution in [0.4, 0.5) is 10.1 Å². The molecule has 4 heteroatoms. The van der Waals surface area contributed by atoms with Crippen molar-refractivity contribution in [2.24, 2.45) is 5.92 Å². The Bertz CT molecular complexity index is 421. The second kappa shape index (κ2) is 4.45. The minimum absolute atomic E-state index is 0.0106. The molecule has 1 amide bonds. The molecule has 1 aromatic rings. The summed E-state index contributed by atoms with van der Waals surface area (Å²) < 4.78 is 13.8. The Labute approximate surface area is 99.9 Å². The zero-order valence-electron chi connectivity index (χ0n) is 9.11. The third-order valence-corrected chi connectivity index (χ3v) is 3.44. The highest BCUT2D eigenvalue weighted by molar-refractivity contribution is 7.80. The van der Waals surface area contributed by atoms with Crippen molar-refractivity contribution in [2.45, 2.75) is 13.3 Å². The van der Waals surface area contributed by atoms with Crippen LogP contribution in [-0.4, -0.2) is 18.2 Å². The van der Waals surface area contributed by atoms with Gasteiger partial charge in [-0.1, -0.05) is 12.1 Å². The standard InChI is InChI=1S/C12H14FNOS/c1-8-3-2-4-10(12(8)13)14-6-9(7-16)5-11(14)15/h2-4,9,16H,5-7H2,1H3. The first-order valence-corrected chi connectivity index (χ1v) is 5.93. The van der Waals surface area contributed by atoms with Gasteiger partial charge in [-0.3, -0.25) is 4.79 Å². The molecule has 0 spiro atoms. The lowest BCUT2D eigenvalue weighted by Gasteiger charge is -2.18. The van der Waals surface area contributed by atoms with E-state index in [4.69, 9.17) is 0 Å². The summed E-state index contributed by atoms with van der Waals surface area (Å²) in [7, 11) is 0. The molecule has 0 aromatic heterocycles. The summed E-state index contributed by atoms with van der Waals surface area (Å²) in [6, 6.07) is 5.13. The fraction of sp³-hybridized carbons (Fsp3) is 0.417. The summed E-state index contributed by atoms with van der Waals surface area (Å²) >= 11 is 4.18. The predicted octanol–water partition coefficient (Wildman–Crippen LogP) is 2.42. The molecule has 0 aliphatic carbocycles. The van der Waals surface area contributed by atoms with E-state index in [1.807, 2.05) is 0 Å². The summed E-state index contributed by atoms with van der Waals surface area (Å²) in [6.45, 7) is 2.28. The molecule has 0 N–H and O–H groups in total. The number of rotatable bonds is 2. The van der Waals surface area contributed by atoms with Gasteiger partial charge < -0.3 is 4.90 Å². The van der Waals surface area contributed by atoms with Crippen molar-refractivity contribution >= 4 is 24.2 Å². The molecule has 0 saturated carbocycles. The van der Waals surface area contributed by atoms with Crippen LogP contribution in [0.3, 0.4) is 0 Å². The van der Waals surface area contributed by atoms with Crippen LogP contribution < -0.4 is 4.90 Å². The number of hydrogen-bond donors (Lipinski definition) is 1. The van der Waals surface area contributed by atoms with Crippen molar-refractivity contribution in [2.75, 3.05) is 17.2 Å². The first-order valence-electron chi connectivity index (χ1n) is 5.30. The van der Waals surface area contributed by atoms with Gasteiger partial charge in [0.1, 0.15) is 5.82 Å². The molecule has 16 heavy (non-hydrogen) atoms. The van der Waals surface area contributed by atoms with Gasteiger partial charge in [0, 0.05) is 13.0 Å². The van der Waals surface area contributed by atoms with Gasteiger partial charge in [0.25, 0.3) is 0 Å². The predicted molar refractivity (Wildman–Crippen MR) is 65.5 cm³/mol. The van der Waals surface area contributed by atoms with Gasteiger partial charge >= 0.3 is 0 Å². The molecule has 1 fully saturated rings. The quantitative estimate of drug-likeness (QED) is 0.786. The topological polar surface area (TPSA) is 20.3 Å². The first-order chi connectivity index (χ1) is 7.63. The Morgan fingerprint density at radius 2 is 2.31 bits per heavy atom. The number of hydrogen-bond acceptors (Lipinski definition) is 2. The summed E-state index contributed by atoms with van der Waals surface area (Å²) in [4.78, 5) is 13.3. The smallest absolute Gasteiger partial charge is 0.227 e.